The molecule has 0 saturated carbocycles. The topological polar surface area (TPSA) is 168 Å². The van der Waals surface area contributed by atoms with E-state index in [1.54, 1.807) is 6.07 Å². The van der Waals surface area contributed by atoms with E-state index in [0.29, 0.717) is 0 Å². The highest BCUT2D eigenvalue weighted by molar-refractivity contribution is 7.92. The first-order chi connectivity index (χ1) is 17.4. The summed E-state index contributed by atoms with van der Waals surface area (Å²) in [6.07, 6.45) is 0. The van der Waals surface area contributed by atoms with Crippen LogP contribution in [0.1, 0.15) is 15.9 Å². The maximum atomic E-state index is 13.1. The number of nitro groups is 1. The first-order valence-corrected chi connectivity index (χ1v) is 12.1. The maximum Gasteiger partial charge on any atom is 0.340 e. The van der Waals surface area contributed by atoms with Crippen LogP contribution in [-0.4, -0.2) is 31.8 Å². The fourth-order valence-electron chi connectivity index (χ4n) is 2.86. The molecule has 0 aliphatic rings. The third-order valence-electron chi connectivity index (χ3n) is 4.57. The van der Waals surface area contributed by atoms with Crippen LogP contribution in [0.4, 0.5) is 21.5 Å². The first-order valence-electron chi connectivity index (χ1n) is 9.84. The van der Waals surface area contributed by atoms with Crippen molar-refractivity contribution in [3.8, 4) is 6.07 Å². The second-order valence-corrected chi connectivity index (χ2v) is 9.56. The summed E-state index contributed by atoms with van der Waals surface area (Å²) in [5.74, 6) is -2.65. The van der Waals surface area contributed by atoms with Gasteiger partial charge < -0.3 is 10.1 Å². The molecule has 3 rings (SSSR count). The number of rotatable bonds is 8. The van der Waals surface area contributed by atoms with E-state index in [4.69, 9.17) is 33.2 Å². The summed E-state index contributed by atoms with van der Waals surface area (Å²) >= 11 is 12.0. The lowest BCUT2D eigenvalue weighted by Crippen LogP contribution is -2.22. The summed E-state index contributed by atoms with van der Waals surface area (Å²) in [5.41, 5.74) is -1.02. The average Bonchev–Trinajstić information content (AvgIpc) is 2.83. The van der Waals surface area contributed by atoms with Crippen molar-refractivity contribution >= 4 is 62.2 Å². The van der Waals surface area contributed by atoms with Crippen molar-refractivity contribution in [3.05, 3.63) is 91.7 Å². The minimum absolute atomic E-state index is 0.0243. The number of nitriles is 1. The Labute approximate surface area is 218 Å². The molecule has 1 amide bonds. The van der Waals surface area contributed by atoms with E-state index < -0.39 is 49.7 Å². The van der Waals surface area contributed by atoms with E-state index >= 15 is 0 Å². The molecule has 0 aliphatic heterocycles. The Hall–Kier alpha value is -4.25. The number of nitro benzene ring substituents is 1. The second-order valence-electron chi connectivity index (χ2n) is 7.10. The zero-order valence-electron chi connectivity index (χ0n) is 18.2. The number of nitrogens with one attached hydrogen (secondary N) is 2. The van der Waals surface area contributed by atoms with Gasteiger partial charge in [-0.15, -0.1) is 0 Å². The standard InChI is InChI=1S/C22H13Cl2FN4O7S/c23-17-9-18(24)20(37(34,35)28-14-3-1-13(25)2-4-14)8-16(17)22(31)36-11-21(30)27-19-6-5-15(29(32)33)7-12(19)10-26/h1-9,28H,11H2,(H,27,30). The summed E-state index contributed by atoms with van der Waals surface area (Å²) in [7, 11) is -4.35. The van der Waals surface area contributed by atoms with E-state index in [0.717, 1.165) is 42.5 Å². The largest absolute Gasteiger partial charge is 0.452 e. The minimum Gasteiger partial charge on any atom is -0.452 e. The zero-order chi connectivity index (χ0) is 27.3. The first kappa shape index (κ1) is 27.3. The lowest BCUT2D eigenvalue weighted by atomic mass is 10.1. The Morgan fingerprint density at radius 3 is 2.38 bits per heavy atom. The van der Waals surface area contributed by atoms with Gasteiger partial charge >= 0.3 is 5.97 Å². The summed E-state index contributed by atoms with van der Waals surface area (Å²) in [6, 6.07) is 11.1. The smallest absolute Gasteiger partial charge is 0.340 e. The number of anilines is 2. The van der Waals surface area contributed by atoms with Gasteiger partial charge in [0.25, 0.3) is 21.6 Å². The highest BCUT2D eigenvalue weighted by Crippen LogP contribution is 2.30. The molecule has 0 bridgehead atoms. The number of carbonyl (C=O) groups excluding carboxylic acids is 2. The Morgan fingerprint density at radius 2 is 1.76 bits per heavy atom. The molecule has 0 heterocycles. The minimum atomic E-state index is -4.35. The van der Waals surface area contributed by atoms with E-state index in [-0.39, 0.29) is 32.7 Å². The van der Waals surface area contributed by atoms with Crippen molar-refractivity contribution in [1.82, 2.24) is 0 Å². The summed E-state index contributed by atoms with van der Waals surface area (Å²) < 4.78 is 45.7. The molecular weight excluding hydrogens is 554 g/mol. The van der Waals surface area contributed by atoms with Crippen LogP contribution in [0.15, 0.2) is 59.5 Å². The number of esters is 1. The molecular formula is C22H13Cl2FN4O7S. The van der Waals surface area contributed by atoms with Crippen LogP contribution < -0.4 is 10.0 Å². The molecule has 11 nitrogen and oxygen atoms in total. The van der Waals surface area contributed by atoms with E-state index in [1.807, 2.05) is 0 Å². The van der Waals surface area contributed by atoms with Crippen LogP contribution in [0.2, 0.25) is 10.0 Å². The number of hydrogen-bond acceptors (Lipinski definition) is 8. The number of carbonyl (C=O) groups is 2. The number of sulfonamides is 1. The molecule has 2 N–H and O–H groups in total. The van der Waals surface area contributed by atoms with Gasteiger partial charge in [-0.1, -0.05) is 23.2 Å². The fourth-order valence-corrected chi connectivity index (χ4v) is 4.77. The number of halogens is 3. The Balaban J connectivity index is 1.75. The van der Waals surface area contributed by atoms with Gasteiger partial charge in [0.2, 0.25) is 0 Å². The number of amides is 1. The third-order valence-corrected chi connectivity index (χ3v) is 6.73. The van der Waals surface area contributed by atoms with Gasteiger partial charge in [0, 0.05) is 17.8 Å². The predicted octanol–water partition coefficient (Wildman–Crippen LogP) is 4.51. The SMILES string of the molecule is N#Cc1cc([N+](=O)[O-])ccc1NC(=O)COC(=O)c1cc(S(=O)(=O)Nc2ccc(F)cc2)c(Cl)cc1Cl. The number of nitrogens with zero attached hydrogens (tertiary/aromatic N) is 2. The van der Waals surface area contributed by atoms with Gasteiger partial charge in [-0.2, -0.15) is 5.26 Å². The number of non-ortho nitro benzene ring substituents is 1. The maximum absolute atomic E-state index is 13.1. The average molecular weight is 567 g/mol. The lowest BCUT2D eigenvalue weighted by molar-refractivity contribution is -0.384. The van der Waals surface area contributed by atoms with Crippen LogP contribution in [0, 0.1) is 27.3 Å². The van der Waals surface area contributed by atoms with E-state index in [1.165, 1.54) is 12.1 Å². The van der Waals surface area contributed by atoms with Gasteiger partial charge in [-0.05, 0) is 42.5 Å². The van der Waals surface area contributed by atoms with Crippen molar-refractivity contribution in [1.29, 1.82) is 5.26 Å². The molecule has 3 aromatic carbocycles. The van der Waals surface area contributed by atoms with Gasteiger partial charge in [0.1, 0.15) is 16.8 Å². The normalized spacial score (nSPS) is 10.8. The molecule has 0 spiro atoms. The predicted molar refractivity (Wildman–Crippen MR) is 130 cm³/mol. The summed E-state index contributed by atoms with van der Waals surface area (Å²) in [4.78, 5) is 34.3. The van der Waals surface area contributed by atoms with Crippen LogP contribution in [0.5, 0.6) is 0 Å². The van der Waals surface area contributed by atoms with Crippen molar-refractivity contribution in [2.75, 3.05) is 16.6 Å². The third kappa shape index (κ3) is 6.70. The van der Waals surface area contributed by atoms with Gasteiger partial charge in [0.05, 0.1) is 31.8 Å². The highest BCUT2D eigenvalue weighted by atomic mass is 35.5. The van der Waals surface area contributed by atoms with E-state index in [9.17, 15) is 32.5 Å². The van der Waals surface area contributed by atoms with Crippen LogP contribution in [0.25, 0.3) is 0 Å². The molecule has 15 heteroatoms. The van der Waals surface area contributed by atoms with E-state index in [2.05, 4.69) is 10.0 Å². The molecule has 37 heavy (non-hydrogen) atoms. The molecule has 0 atom stereocenters. The van der Waals surface area contributed by atoms with Crippen LogP contribution in [0.3, 0.4) is 0 Å². The quantitative estimate of drug-likeness (QED) is 0.228. The fraction of sp³-hybridized carbons (Fsp3) is 0.0455. The highest BCUT2D eigenvalue weighted by Gasteiger charge is 2.24. The van der Waals surface area contributed by atoms with Gasteiger partial charge in [0.15, 0.2) is 6.61 Å². The molecule has 3 aromatic rings. The summed E-state index contributed by atoms with van der Waals surface area (Å²) in [6.45, 7) is -0.866. The van der Waals surface area contributed by atoms with Gasteiger partial charge in [-0.3, -0.25) is 19.6 Å². The lowest BCUT2D eigenvalue weighted by Gasteiger charge is -2.13. The van der Waals surface area contributed by atoms with Crippen molar-refractivity contribution in [3.63, 3.8) is 0 Å². The van der Waals surface area contributed by atoms with Gasteiger partial charge in [-0.25, -0.2) is 17.6 Å². The van der Waals surface area contributed by atoms with Crippen molar-refractivity contribution < 1.29 is 32.1 Å². The van der Waals surface area contributed by atoms with Crippen LogP contribution in [-0.2, 0) is 19.6 Å². The molecule has 0 radical (unpaired) electrons. The Bertz CT molecular complexity index is 1560. The zero-order valence-corrected chi connectivity index (χ0v) is 20.5. The van der Waals surface area contributed by atoms with Crippen molar-refractivity contribution in [2.45, 2.75) is 4.90 Å². The number of benzene rings is 3. The number of ether oxygens (including phenoxy) is 1. The molecule has 190 valence electrons. The molecule has 0 aliphatic carbocycles. The number of hydrogen-bond donors (Lipinski definition) is 2. The molecule has 0 unspecified atom stereocenters. The monoisotopic (exact) mass is 566 g/mol. The second kappa shape index (κ2) is 11.2. The van der Waals surface area contributed by atoms with Crippen LogP contribution >= 0.6 is 23.2 Å². The summed E-state index contributed by atoms with van der Waals surface area (Å²) in [5, 5.41) is 21.7. The van der Waals surface area contributed by atoms with Crippen molar-refractivity contribution in [2.24, 2.45) is 0 Å². The molecule has 0 fully saturated rings. The molecule has 0 saturated heterocycles. The molecule has 0 aromatic heterocycles. The Kier molecular flexibility index (Phi) is 8.28. The Morgan fingerprint density at radius 1 is 1.08 bits per heavy atom.